The number of nitrogen functional groups attached to an aromatic ring is 1. The molecule has 1 saturated heterocycles. The first kappa shape index (κ1) is 12.7. The van der Waals surface area contributed by atoms with E-state index in [-0.39, 0.29) is 6.09 Å². The number of likely N-dealkylation sites (tertiary alicyclic amines) is 1. The summed E-state index contributed by atoms with van der Waals surface area (Å²) in [5.41, 5.74) is 6.79. The number of piperidine rings is 1. The van der Waals surface area contributed by atoms with E-state index in [9.17, 15) is 4.79 Å². The molecule has 0 spiro atoms. The molecule has 6 nitrogen and oxygen atoms in total. The standard InChI is InChI=1S/C12H20N4O2/c1-3-18-12(17)15-6-4-10(5-7-15)16-8-9(2)14-11(16)13/h8,10H,3-7H2,1-2H3,(H2,13,14). The Labute approximate surface area is 107 Å². The van der Waals surface area contributed by atoms with Gasteiger partial charge in [-0.05, 0) is 26.7 Å². The minimum absolute atomic E-state index is 0.217. The quantitative estimate of drug-likeness (QED) is 0.867. The number of amides is 1. The molecule has 0 saturated carbocycles. The van der Waals surface area contributed by atoms with Crippen molar-refractivity contribution in [3.63, 3.8) is 0 Å². The fraction of sp³-hybridized carbons (Fsp3) is 0.667. The van der Waals surface area contributed by atoms with Crippen molar-refractivity contribution in [2.75, 3.05) is 25.4 Å². The van der Waals surface area contributed by atoms with Gasteiger partial charge in [0, 0.05) is 25.3 Å². The normalized spacial score (nSPS) is 16.9. The van der Waals surface area contributed by atoms with Crippen LogP contribution in [0.25, 0.3) is 0 Å². The Bertz CT molecular complexity index is 422. The first-order valence-corrected chi connectivity index (χ1v) is 6.34. The summed E-state index contributed by atoms with van der Waals surface area (Å²) in [5, 5.41) is 0. The van der Waals surface area contributed by atoms with Crippen molar-refractivity contribution in [1.82, 2.24) is 14.5 Å². The lowest BCUT2D eigenvalue weighted by molar-refractivity contribution is 0.0928. The zero-order valence-electron chi connectivity index (χ0n) is 10.9. The van der Waals surface area contributed by atoms with E-state index in [1.165, 1.54) is 0 Å². The van der Waals surface area contributed by atoms with Crippen LogP contribution in [0.5, 0.6) is 0 Å². The Hall–Kier alpha value is -1.72. The van der Waals surface area contributed by atoms with Crippen LogP contribution in [0.3, 0.4) is 0 Å². The molecule has 1 aromatic rings. The van der Waals surface area contributed by atoms with Gasteiger partial charge in [0.05, 0.1) is 12.3 Å². The summed E-state index contributed by atoms with van der Waals surface area (Å²) < 4.78 is 7.01. The molecular formula is C12H20N4O2. The van der Waals surface area contributed by atoms with Crippen LogP contribution >= 0.6 is 0 Å². The summed E-state index contributed by atoms with van der Waals surface area (Å²) in [6, 6.07) is 0.330. The SMILES string of the molecule is CCOC(=O)N1CCC(n2cc(C)nc2N)CC1. The maximum Gasteiger partial charge on any atom is 0.409 e. The maximum atomic E-state index is 11.6. The van der Waals surface area contributed by atoms with Gasteiger partial charge in [0.25, 0.3) is 0 Å². The van der Waals surface area contributed by atoms with Crippen LogP contribution in [0.1, 0.15) is 31.5 Å². The fourth-order valence-corrected chi connectivity index (χ4v) is 2.37. The van der Waals surface area contributed by atoms with Gasteiger partial charge in [0.1, 0.15) is 0 Å². The van der Waals surface area contributed by atoms with Gasteiger partial charge >= 0.3 is 6.09 Å². The number of anilines is 1. The molecule has 2 heterocycles. The summed E-state index contributed by atoms with van der Waals surface area (Å²) in [6.07, 6.45) is 3.53. The zero-order chi connectivity index (χ0) is 13.1. The van der Waals surface area contributed by atoms with E-state index in [2.05, 4.69) is 4.98 Å². The van der Waals surface area contributed by atoms with Crippen molar-refractivity contribution in [2.24, 2.45) is 0 Å². The largest absolute Gasteiger partial charge is 0.450 e. The number of aromatic nitrogens is 2. The third-order valence-electron chi connectivity index (χ3n) is 3.27. The van der Waals surface area contributed by atoms with Crippen LogP contribution in [-0.4, -0.2) is 40.2 Å². The lowest BCUT2D eigenvalue weighted by Crippen LogP contribution is -2.39. The smallest absolute Gasteiger partial charge is 0.409 e. The number of aryl methyl sites for hydroxylation is 1. The van der Waals surface area contributed by atoms with Crippen LogP contribution in [0.15, 0.2) is 6.20 Å². The van der Waals surface area contributed by atoms with Crippen LogP contribution in [0.2, 0.25) is 0 Å². The average Bonchev–Trinajstić information content (AvgIpc) is 2.69. The average molecular weight is 252 g/mol. The second-order valence-corrected chi connectivity index (χ2v) is 4.56. The predicted octanol–water partition coefficient (Wildman–Crippen LogP) is 1.57. The number of ether oxygens (including phenoxy) is 1. The summed E-state index contributed by atoms with van der Waals surface area (Å²) in [5.74, 6) is 0.557. The number of carbonyl (C=O) groups excluding carboxylic acids is 1. The van der Waals surface area contributed by atoms with Crippen molar-refractivity contribution < 1.29 is 9.53 Å². The molecule has 1 amide bonds. The molecule has 18 heavy (non-hydrogen) atoms. The van der Waals surface area contributed by atoms with Crippen molar-refractivity contribution in [1.29, 1.82) is 0 Å². The number of hydrogen-bond donors (Lipinski definition) is 1. The van der Waals surface area contributed by atoms with Gasteiger partial charge in [-0.1, -0.05) is 0 Å². The highest BCUT2D eigenvalue weighted by Gasteiger charge is 2.25. The van der Waals surface area contributed by atoms with Gasteiger partial charge in [0.2, 0.25) is 5.95 Å². The van der Waals surface area contributed by atoms with E-state index >= 15 is 0 Å². The summed E-state index contributed by atoms with van der Waals surface area (Å²) in [4.78, 5) is 17.5. The first-order chi connectivity index (χ1) is 8.61. The minimum Gasteiger partial charge on any atom is -0.450 e. The Kier molecular flexibility index (Phi) is 3.74. The number of rotatable bonds is 2. The van der Waals surface area contributed by atoms with Gasteiger partial charge in [-0.15, -0.1) is 0 Å². The molecule has 1 aromatic heterocycles. The monoisotopic (exact) mass is 252 g/mol. The molecule has 0 bridgehead atoms. The van der Waals surface area contributed by atoms with Gasteiger partial charge in [-0.3, -0.25) is 0 Å². The Morgan fingerprint density at radius 2 is 2.22 bits per heavy atom. The van der Waals surface area contributed by atoms with E-state index in [0.29, 0.717) is 31.7 Å². The predicted molar refractivity (Wildman–Crippen MR) is 68.2 cm³/mol. The first-order valence-electron chi connectivity index (χ1n) is 6.34. The lowest BCUT2D eigenvalue weighted by atomic mass is 10.1. The highest BCUT2D eigenvalue weighted by Crippen LogP contribution is 2.25. The number of imidazole rings is 1. The van der Waals surface area contributed by atoms with E-state index in [0.717, 1.165) is 18.5 Å². The van der Waals surface area contributed by atoms with E-state index in [4.69, 9.17) is 10.5 Å². The topological polar surface area (TPSA) is 73.4 Å². The molecule has 100 valence electrons. The highest BCUT2D eigenvalue weighted by molar-refractivity contribution is 5.67. The molecule has 2 rings (SSSR count). The number of nitrogens with zero attached hydrogens (tertiary/aromatic N) is 3. The zero-order valence-corrected chi connectivity index (χ0v) is 10.9. The molecule has 2 N–H and O–H groups in total. The van der Waals surface area contributed by atoms with Crippen molar-refractivity contribution in [2.45, 2.75) is 32.7 Å². The van der Waals surface area contributed by atoms with Gasteiger partial charge in [0.15, 0.2) is 0 Å². The van der Waals surface area contributed by atoms with E-state index in [1.54, 1.807) is 4.90 Å². The molecule has 0 aliphatic carbocycles. The van der Waals surface area contributed by atoms with Crippen molar-refractivity contribution in [3.8, 4) is 0 Å². The molecule has 1 aliphatic heterocycles. The third-order valence-corrected chi connectivity index (χ3v) is 3.27. The number of carbonyl (C=O) groups is 1. The lowest BCUT2D eigenvalue weighted by Gasteiger charge is -2.32. The van der Waals surface area contributed by atoms with E-state index in [1.807, 2.05) is 24.6 Å². The second kappa shape index (κ2) is 5.29. The van der Waals surface area contributed by atoms with E-state index < -0.39 is 0 Å². The molecule has 6 heteroatoms. The third kappa shape index (κ3) is 2.57. The number of hydrogen-bond acceptors (Lipinski definition) is 4. The molecule has 0 atom stereocenters. The minimum atomic E-state index is -0.217. The Morgan fingerprint density at radius 3 is 2.72 bits per heavy atom. The van der Waals surface area contributed by atoms with Crippen LogP contribution < -0.4 is 5.73 Å². The summed E-state index contributed by atoms with van der Waals surface area (Å²) in [7, 11) is 0. The molecule has 0 unspecified atom stereocenters. The van der Waals surface area contributed by atoms with Crippen molar-refractivity contribution in [3.05, 3.63) is 11.9 Å². The van der Waals surface area contributed by atoms with Gasteiger partial charge < -0.3 is 19.9 Å². The molecule has 0 radical (unpaired) electrons. The maximum absolute atomic E-state index is 11.6. The van der Waals surface area contributed by atoms with Gasteiger partial charge in [-0.2, -0.15) is 0 Å². The summed E-state index contributed by atoms with van der Waals surface area (Å²) in [6.45, 7) is 5.59. The molecule has 1 fully saturated rings. The fourth-order valence-electron chi connectivity index (χ4n) is 2.37. The van der Waals surface area contributed by atoms with Crippen LogP contribution in [0, 0.1) is 6.92 Å². The van der Waals surface area contributed by atoms with Crippen LogP contribution in [-0.2, 0) is 4.74 Å². The highest BCUT2D eigenvalue weighted by atomic mass is 16.6. The second-order valence-electron chi connectivity index (χ2n) is 4.56. The molecule has 0 aromatic carbocycles. The van der Waals surface area contributed by atoms with Crippen molar-refractivity contribution >= 4 is 12.0 Å². The Balaban J connectivity index is 1.94. The summed E-state index contributed by atoms with van der Waals surface area (Å²) >= 11 is 0. The molecule has 1 aliphatic rings. The van der Waals surface area contributed by atoms with Gasteiger partial charge in [-0.25, -0.2) is 9.78 Å². The molecular weight excluding hydrogens is 232 g/mol. The van der Waals surface area contributed by atoms with Crippen LogP contribution in [0.4, 0.5) is 10.7 Å². The number of nitrogens with two attached hydrogens (primary N) is 1. The Morgan fingerprint density at radius 1 is 1.56 bits per heavy atom.